The monoisotopic (exact) mass is 433 g/mol. The van der Waals surface area contributed by atoms with Crippen molar-refractivity contribution in [1.29, 1.82) is 0 Å². The van der Waals surface area contributed by atoms with Crippen LogP contribution in [0.1, 0.15) is 18.9 Å². The summed E-state index contributed by atoms with van der Waals surface area (Å²) >= 11 is 0. The van der Waals surface area contributed by atoms with Crippen LogP contribution in [0.15, 0.2) is 66.0 Å². The second kappa shape index (κ2) is 7.86. The van der Waals surface area contributed by atoms with Gasteiger partial charge in [-0.1, -0.05) is 24.3 Å². The molecular formula is C23H23N5O2S. The highest BCUT2D eigenvalue weighted by molar-refractivity contribution is 7.90. The van der Waals surface area contributed by atoms with E-state index in [1.54, 1.807) is 18.3 Å². The number of benzene rings is 2. The first kappa shape index (κ1) is 19.8. The minimum Gasteiger partial charge on any atom is -0.317 e. The molecule has 0 atom stereocenters. The van der Waals surface area contributed by atoms with E-state index in [0.29, 0.717) is 10.9 Å². The molecule has 1 fully saturated rings. The number of rotatable bonds is 4. The van der Waals surface area contributed by atoms with Gasteiger partial charge in [0, 0.05) is 23.6 Å². The Kier molecular flexibility index (Phi) is 5.03. The molecule has 2 aromatic carbocycles. The quantitative estimate of drug-likeness (QED) is 0.530. The molecule has 0 saturated carbocycles. The average molecular weight is 434 g/mol. The van der Waals surface area contributed by atoms with Gasteiger partial charge < -0.3 is 5.32 Å². The molecule has 1 saturated heterocycles. The maximum Gasteiger partial charge on any atom is 0.175 e. The lowest BCUT2D eigenvalue weighted by Gasteiger charge is -2.22. The molecule has 0 unspecified atom stereocenters. The van der Waals surface area contributed by atoms with Crippen LogP contribution in [0.5, 0.6) is 0 Å². The molecular weight excluding hydrogens is 410 g/mol. The molecule has 7 nitrogen and oxygen atoms in total. The van der Waals surface area contributed by atoms with E-state index in [0.717, 1.165) is 59.3 Å². The number of hydrogen-bond acceptors (Lipinski definition) is 6. The molecule has 31 heavy (non-hydrogen) atoms. The van der Waals surface area contributed by atoms with Crippen LogP contribution in [-0.4, -0.2) is 47.5 Å². The van der Waals surface area contributed by atoms with E-state index in [4.69, 9.17) is 4.98 Å². The van der Waals surface area contributed by atoms with Crippen molar-refractivity contribution in [2.45, 2.75) is 23.8 Å². The number of sulfone groups is 1. The van der Waals surface area contributed by atoms with Gasteiger partial charge in [0.05, 0.1) is 40.1 Å². The van der Waals surface area contributed by atoms with Crippen LogP contribution in [0, 0.1) is 0 Å². The summed E-state index contributed by atoms with van der Waals surface area (Å²) in [5.74, 6) is 0. The Bertz CT molecular complexity index is 1340. The number of para-hydroxylation sites is 1. The smallest absolute Gasteiger partial charge is 0.175 e. The number of nitrogens with zero attached hydrogens (tertiary/aromatic N) is 4. The summed E-state index contributed by atoms with van der Waals surface area (Å²) in [5, 5.41) is 7.95. The third kappa shape index (κ3) is 3.96. The van der Waals surface area contributed by atoms with Crippen molar-refractivity contribution in [3.63, 3.8) is 0 Å². The van der Waals surface area contributed by atoms with Gasteiger partial charge in [-0.25, -0.2) is 13.4 Å². The molecule has 1 aliphatic heterocycles. The van der Waals surface area contributed by atoms with Gasteiger partial charge in [-0.05, 0) is 49.7 Å². The van der Waals surface area contributed by atoms with Crippen LogP contribution in [0.25, 0.3) is 33.4 Å². The van der Waals surface area contributed by atoms with Crippen LogP contribution in [0.4, 0.5) is 0 Å². The molecule has 1 aliphatic rings. The molecule has 3 heterocycles. The van der Waals surface area contributed by atoms with Gasteiger partial charge >= 0.3 is 0 Å². The Balaban J connectivity index is 1.53. The van der Waals surface area contributed by atoms with Crippen molar-refractivity contribution >= 4 is 20.9 Å². The van der Waals surface area contributed by atoms with E-state index in [-0.39, 0.29) is 0 Å². The summed E-state index contributed by atoms with van der Waals surface area (Å²) in [4.78, 5) is 9.82. The summed E-state index contributed by atoms with van der Waals surface area (Å²) in [6.45, 7) is 2.02. The second-order valence-corrected chi connectivity index (χ2v) is 9.93. The summed E-state index contributed by atoms with van der Waals surface area (Å²) in [6.07, 6.45) is 9.03. The SMILES string of the molecule is CS(=O)(=O)c1ccc(-c2cccc3ncc(-c4cnn(C5CCNCC5)c4)nc23)cc1. The zero-order chi connectivity index (χ0) is 21.4. The Hall–Kier alpha value is -3.10. The van der Waals surface area contributed by atoms with Crippen molar-refractivity contribution in [2.24, 2.45) is 0 Å². The van der Waals surface area contributed by atoms with E-state index in [9.17, 15) is 8.42 Å². The number of hydrogen-bond donors (Lipinski definition) is 1. The highest BCUT2D eigenvalue weighted by atomic mass is 32.2. The van der Waals surface area contributed by atoms with Gasteiger partial charge in [0.25, 0.3) is 0 Å². The molecule has 2 aromatic heterocycles. The zero-order valence-electron chi connectivity index (χ0n) is 17.2. The Morgan fingerprint density at radius 1 is 1.00 bits per heavy atom. The topological polar surface area (TPSA) is 89.8 Å². The molecule has 0 radical (unpaired) electrons. The molecule has 0 bridgehead atoms. The molecule has 5 rings (SSSR count). The van der Waals surface area contributed by atoms with Gasteiger partial charge in [0.1, 0.15) is 0 Å². The molecule has 4 aromatic rings. The summed E-state index contributed by atoms with van der Waals surface area (Å²) < 4.78 is 25.6. The number of fused-ring (bicyclic) bond motifs is 1. The number of aromatic nitrogens is 4. The summed E-state index contributed by atoms with van der Waals surface area (Å²) in [7, 11) is -3.24. The van der Waals surface area contributed by atoms with E-state index >= 15 is 0 Å². The Morgan fingerprint density at radius 3 is 2.52 bits per heavy atom. The summed E-state index contributed by atoms with van der Waals surface area (Å²) in [6, 6.07) is 13.1. The van der Waals surface area contributed by atoms with Gasteiger partial charge in [0.15, 0.2) is 9.84 Å². The maximum absolute atomic E-state index is 11.8. The molecule has 0 aliphatic carbocycles. The van der Waals surface area contributed by atoms with Crippen molar-refractivity contribution < 1.29 is 8.42 Å². The summed E-state index contributed by atoms with van der Waals surface area (Å²) in [5.41, 5.74) is 5.09. The van der Waals surface area contributed by atoms with E-state index in [1.807, 2.05) is 41.2 Å². The lowest BCUT2D eigenvalue weighted by atomic mass is 10.0. The average Bonchev–Trinajstić information content (AvgIpc) is 3.29. The predicted octanol–water partition coefficient (Wildman–Crippen LogP) is 3.49. The maximum atomic E-state index is 11.8. The Labute approximate surface area is 181 Å². The standard InChI is InChI=1S/C23H23N5O2S/c1-31(29,30)19-7-5-16(6-8-19)20-3-2-4-21-23(20)27-22(14-25-21)17-13-26-28(15-17)18-9-11-24-12-10-18/h2-8,13-15,18,24H,9-12H2,1H3. The minimum absolute atomic E-state index is 0.300. The van der Waals surface area contributed by atoms with Gasteiger partial charge in [-0.3, -0.25) is 9.67 Å². The first-order valence-electron chi connectivity index (χ1n) is 10.3. The molecule has 1 N–H and O–H groups in total. The Morgan fingerprint density at radius 2 is 1.77 bits per heavy atom. The third-order valence-corrected chi connectivity index (χ3v) is 6.87. The normalized spacial score (nSPS) is 15.4. The van der Waals surface area contributed by atoms with Crippen LogP contribution < -0.4 is 5.32 Å². The van der Waals surface area contributed by atoms with Crippen molar-refractivity contribution in [3.8, 4) is 22.4 Å². The highest BCUT2D eigenvalue weighted by Gasteiger charge is 2.17. The van der Waals surface area contributed by atoms with E-state index in [2.05, 4.69) is 21.6 Å². The van der Waals surface area contributed by atoms with Crippen molar-refractivity contribution in [3.05, 3.63) is 61.1 Å². The van der Waals surface area contributed by atoms with Crippen LogP contribution in [-0.2, 0) is 9.84 Å². The second-order valence-electron chi connectivity index (χ2n) is 7.92. The highest BCUT2D eigenvalue weighted by Crippen LogP contribution is 2.29. The molecule has 8 heteroatoms. The largest absolute Gasteiger partial charge is 0.317 e. The van der Waals surface area contributed by atoms with Crippen molar-refractivity contribution in [1.82, 2.24) is 25.1 Å². The van der Waals surface area contributed by atoms with E-state index in [1.165, 1.54) is 6.26 Å². The fraction of sp³-hybridized carbons (Fsp3) is 0.261. The van der Waals surface area contributed by atoms with Crippen molar-refractivity contribution in [2.75, 3.05) is 19.3 Å². The van der Waals surface area contributed by atoms with Gasteiger partial charge in [0.2, 0.25) is 0 Å². The lowest BCUT2D eigenvalue weighted by molar-refractivity contribution is 0.343. The van der Waals surface area contributed by atoms with E-state index < -0.39 is 9.84 Å². The first-order valence-corrected chi connectivity index (χ1v) is 12.2. The zero-order valence-corrected chi connectivity index (χ0v) is 18.0. The van der Waals surface area contributed by atoms with Crippen LogP contribution in [0.2, 0.25) is 0 Å². The lowest BCUT2D eigenvalue weighted by Crippen LogP contribution is -2.29. The minimum atomic E-state index is -3.24. The predicted molar refractivity (Wildman–Crippen MR) is 120 cm³/mol. The number of nitrogens with one attached hydrogen (secondary N) is 1. The fourth-order valence-corrected chi connectivity index (χ4v) is 4.66. The van der Waals surface area contributed by atoms with Crippen LogP contribution in [0.3, 0.4) is 0 Å². The fourth-order valence-electron chi connectivity index (χ4n) is 4.03. The third-order valence-electron chi connectivity index (χ3n) is 5.75. The van der Waals surface area contributed by atoms with Gasteiger partial charge in [-0.2, -0.15) is 5.10 Å². The molecule has 0 amide bonds. The van der Waals surface area contributed by atoms with Gasteiger partial charge in [-0.15, -0.1) is 0 Å². The van der Waals surface area contributed by atoms with Crippen LogP contribution >= 0.6 is 0 Å². The first-order chi connectivity index (χ1) is 15.0. The molecule has 158 valence electrons. The molecule has 0 spiro atoms. The number of piperidine rings is 1.